The van der Waals surface area contributed by atoms with E-state index in [0.717, 1.165) is 19.0 Å². The number of fused-ring (bicyclic) bond motifs is 1. The quantitative estimate of drug-likeness (QED) is 0.791. The van der Waals surface area contributed by atoms with Gasteiger partial charge in [-0.2, -0.15) is 0 Å². The standard InChI is InChI=1S/C12H18N4O/c13-11-7-15-12(8-14-11)16-5-6-17-10-4-2-1-3-9(10)16/h7-10H,1-6H2,(H2,13,14). The van der Waals surface area contributed by atoms with Crippen LogP contribution < -0.4 is 10.6 Å². The zero-order valence-electron chi connectivity index (χ0n) is 9.88. The highest BCUT2D eigenvalue weighted by Crippen LogP contribution is 2.30. The van der Waals surface area contributed by atoms with E-state index >= 15 is 0 Å². The minimum atomic E-state index is 0.372. The van der Waals surface area contributed by atoms with E-state index < -0.39 is 0 Å². The van der Waals surface area contributed by atoms with Crippen molar-refractivity contribution in [2.24, 2.45) is 0 Å². The Morgan fingerprint density at radius 1 is 1.24 bits per heavy atom. The second-order valence-electron chi connectivity index (χ2n) is 4.75. The summed E-state index contributed by atoms with van der Waals surface area (Å²) in [4.78, 5) is 10.8. The van der Waals surface area contributed by atoms with Crippen LogP contribution in [0.1, 0.15) is 25.7 Å². The molecule has 0 radical (unpaired) electrons. The molecule has 92 valence electrons. The Bertz CT molecular complexity index is 379. The van der Waals surface area contributed by atoms with Crippen molar-refractivity contribution in [2.45, 2.75) is 37.8 Å². The summed E-state index contributed by atoms with van der Waals surface area (Å²) >= 11 is 0. The third-order valence-electron chi connectivity index (χ3n) is 3.68. The third-order valence-corrected chi connectivity index (χ3v) is 3.68. The van der Waals surface area contributed by atoms with Crippen molar-refractivity contribution < 1.29 is 4.74 Å². The van der Waals surface area contributed by atoms with Gasteiger partial charge in [-0.05, 0) is 12.8 Å². The Morgan fingerprint density at radius 3 is 2.94 bits per heavy atom. The fourth-order valence-electron chi connectivity index (χ4n) is 2.86. The van der Waals surface area contributed by atoms with E-state index in [4.69, 9.17) is 10.5 Å². The van der Waals surface area contributed by atoms with Gasteiger partial charge in [0.25, 0.3) is 0 Å². The number of rotatable bonds is 1. The molecule has 1 saturated carbocycles. The van der Waals surface area contributed by atoms with Crippen LogP contribution in [0.2, 0.25) is 0 Å². The van der Waals surface area contributed by atoms with Gasteiger partial charge < -0.3 is 15.4 Å². The molecule has 1 aliphatic carbocycles. The Morgan fingerprint density at radius 2 is 2.12 bits per heavy atom. The second kappa shape index (κ2) is 4.49. The first kappa shape index (κ1) is 10.8. The maximum Gasteiger partial charge on any atom is 0.147 e. The molecule has 3 rings (SSSR count). The molecular weight excluding hydrogens is 216 g/mol. The van der Waals surface area contributed by atoms with Crippen molar-refractivity contribution in [1.82, 2.24) is 9.97 Å². The summed E-state index contributed by atoms with van der Waals surface area (Å²) in [5.41, 5.74) is 5.57. The first-order valence-electron chi connectivity index (χ1n) is 6.30. The molecule has 0 spiro atoms. The monoisotopic (exact) mass is 234 g/mol. The van der Waals surface area contributed by atoms with Gasteiger partial charge in [0.2, 0.25) is 0 Å². The van der Waals surface area contributed by atoms with Gasteiger partial charge in [-0.3, -0.25) is 0 Å². The molecule has 1 aromatic heterocycles. The van der Waals surface area contributed by atoms with E-state index in [1.807, 2.05) is 0 Å². The van der Waals surface area contributed by atoms with Gasteiger partial charge in [0.05, 0.1) is 31.1 Å². The first-order valence-corrected chi connectivity index (χ1v) is 6.30. The Kier molecular flexibility index (Phi) is 2.84. The topological polar surface area (TPSA) is 64.3 Å². The summed E-state index contributed by atoms with van der Waals surface area (Å²) in [6.07, 6.45) is 8.69. The lowest BCUT2D eigenvalue weighted by Gasteiger charge is -2.44. The summed E-state index contributed by atoms with van der Waals surface area (Å²) in [6.45, 7) is 1.69. The van der Waals surface area contributed by atoms with Crippen molar-refractivity contribution >= 4 is 11.6 Å². The average Bonchev–Trinajstić information content (AvgIpc) is 2.39. The first-order chi connectivity index (χ1) is 8.34. The fraction of sp³-hybridized carbons (Fsp3) is 0.667. The van der Waals surface area contributed by atoms with Crippen molar-refractivity contribution in [3.05, 3.63) is 12.4 Å². The third kappa shape index (κ3) is 2.07. The number of morpholine rings is 1. The molecule has 0 aromatic carbocycles. The van der Waals surface area contributed by atoms with Gasteiger partial charge >= 0.3 is 0 Å². The smallest absolute Gasteiger partial charge is 0.147 e. The van der Waals surface area contributed by atoms with Crippen LogP contribution in [0.25, 0.3) is 0 Å². The Hall–Kier alpha value is -1.36. The lowest BCUT2D eigenvalue weighted by molar-refractivity contribution is -0.00900. The maximum absolute atomic E-state index is 5.84. The Labute approximate surface area is 101 Å². The average molecular weight is 234 g/mol. The zero-order chi connectivity index (χ0) is 11.7. The molecular formula is C12H18N4O. The molecule has 1 aliphatic heterocycles. The molecule has 2 atom stereocenters. The predicted molar refractivity (Wildman–Crippen MR) is 65.8 cm³/mol. The van der Waals surface area contributed by atoms with Crippen LogP contribution in [0.5, 0.6) is 0 Å². The van der Waals surface area contributed by atoms with Crippen LogP contribution in [0, 0.1) is 0 Å². The number of hydrogen-bond acceptors (Lipinski definition) is 5. The van der Waals surface area contributed by atoms with Crippen LogP contribution in [-0.4, -0.2) is 35.3 Å². The van der Waals surface area contributed by atoms with Gasteiger partial charge in [-0.1, -0.05) is 12.8 Å². The molecule has 1 saturated heterocycles. The molecule has 0 amide bonds. The van der Waals surface area contributed by atoms with Crippen molar-refractivity contribution in [2.75, 3.05) is 23.8 Å². The number of nitrogens with zero attached hydrogens (tertiary/aromatic N) is 3. The zero-order valence-corrected chi connectivity index (χ0v) is 9.88. The largest absolute Gasteiger partial charge is 0.382 e. The molecule has 0 bridgehead atoms. The van der Waals surface area contributed by atoms with E-state index in [2.05, 4.69) is 14.9 Å². The van der Waals surface area contributed by atoms with E-state index in [-0.39, 0.29) is 0 Å². The molecule has 2 heterocycles. The predicted octanol–water partition coefficient (Wildman–Crippen LogP) is 1.21. The number of nitrogen functional groups attached to an aromatic ring is 1. The van der Waals surface area contributed by atoms with Crippen LogP contribution in [0.3, 0.4) is 0 Å². The number of anilines is 2. The molecule has 2 aliphatic rings. The lowest BCUT2D eigenvalue weighted by atomic mass is 9.90. The van der Waals surface area contributed by atoms with Gasteiger partial charge in [0.15, 0.2) is 0 Å². The van der Waals surface area contributed by atoms with Crippen molar-refractivity contribution in [3.63, 3.8) is 0 Å². The van der Waals surface area contributed by atoms with Crippen molar-refractivity contribution in [1.29, 1.82) is 0 Å². The normalized spacial score (nSPS) is 28.8. The van der Waals surface area contributed by atoms with Crippen LogP contribution in [0.4, 0.5) is 11.6 Å². The minimum absolute atomic E-state index is 0.372. The second-order valence-corrected chi connectivity index (χ2v) is 4.75. The van der Waals surface area contributed by atoms with Crippen LogP contribution in [0.15, 0.2) is 12.4 Å². The molecule has 5 heteroatoms. The van der Waals surface area contributed by atoms with Gasteiger partial charge in [0.1, 0.15) is 11.6 Å². The van der Waals surface area contributed by atoms with Gasteiger partial charge in [0, 0.05) is 6.54 Å². The fourth-order valence-corrected chi connectivity index (χ4v) is 2.86. The minimum Gasteiger partial charge on any atom is -0.382 e. The summed E-state index contributed by atoms with van der Waals surface area (Å²) in [7, 11) is 0. The maximum atomic E-state index is 5.84. The Balaban J connectivity index is 1.83. The molecule has 2 unspecified atom stereocenters. The van der Waals surface area contributed by atoms with Crippen molar-refractivity contribution in [3.8, 4) is 0 Å². The molecule has 1 aromatic rings. The summed E-state index contributed by atoms with van der Waals surface area (Å²) < 4.78 is 5.84. The van der Waals surface area contributed by atoms with E-state index in [9.17, 15) is 0 Å². The van der Waals surface area contributed by atoms with Crippen LogP contribution >= 0.6 is 0 Å². The molecule has 17 heavy (non-hydrogen) atoms. The van der Waals surface area contributed by atoms with E-state index in [0.29, 0.717) is 18.0 Å². The lowest BCUT2D eigenvalue weighted by Crippen LogP contribution is -2.53. The highest BCUT2D eigenvalue weighted by Gasteiger charge is 2.34. The van der Waals surface area contributed by atoms with E-state index in [1.165, 1.54) is 25.7 Å². The van der Waals surface area contributed by atoms with Crippen LogP contribution in [-0.2, 0) is 4.74 Å². The summed E-state index contributed by atoms with van der Waals surface area (Å²) in [5.74, 6) is 1.40. The molecule has 2 fully saturated rings. The summed E-state index contributed by atoms with van der Waals surface area (Å²) in [6, 6.07) is 0.468. The van der Waals surface area contributed by atoms with Gasteiger partial charge in [-0.15, -0.1) is 0 Å². The summed E-state index contributed by atoms with van der Waals surface area (Å²) in [5, 5.41) is 0. The molecule has 2 N–H and O–H groups in total. The highest BCUT2D eigenvalue weighted by molar-refractivity contribution is 5.41. The number of hydrogen-bond donors (Lipinski definition) is 1. The van der Waals surface area contributed by atoms with E-state index in [1.54, 1.807) is 12.4 Å². The van der Waals surface area contributed by atoms with Gasteiger partial charge in [-0.25, -0.2) is 9.97 Å². The number of aromatic nitrogens is 2. The number of ether oxygens (including phenoxy) is 1. The SMILES string of the molecule is Nc1cnc(N2CCOC3CCCCC32)cn1. The number of nitrogens with two attached hydrogens (primary N) is 1. The highest BCUT2D eigenvalue weighted by atomic mass is 16.5. The molecule has 5 nitrogen and oxygen atoms in total.